The van der Waals surface area contributed by atoms with Gasteiger partial charge in [0.25, 0.3) is 0 Å². The van der Waals surface area contributed by atoms with Crippen molar-refractivity contribution in [2.24, 2.45) is 5.92 Å². The topological polar surface area (TPSA) is 15.3 Å². The Kier molecular flexibility index (Phi) is 4.04. The van der Waals surface area contributed by atoms with Gasteiger partial charge >= 0.3 is 0 Å². The monoisotopic (exact) mass is 210 g/mol. The lowest BCUT2D eigenvalue weighted by Crippen LogP contribution is -2.37. The second kappa shape index (κ2) is 5.31. The van der Waals surface area contributed by atoms with Crippen molar-refractivity contribution in [3.05, 3.63) is 0 Å². The molecule has 0 aromatic rings. The van der Waals surface area contributed by atoms with E-state index in [1.54, 1.807) is 0 Å². The Hall–Kier alpha value is -0.0800. The fraction of sp³-hybridized carbons (Fsp3) is 1.00. The molecule has 2 rings (SSSR count). The molecule has 0 spiro atoms. The standard InChI is InChI=1S/C13H26N2/c1-3-11(2)14-8-9-15(13-6-7-13)10-12-4-5-12/h11-14H,3-10H2,1-2H3. The SMILES string of the molecule is CCC(C)NCCN(CC1CC1)C1CC1. The van der Waals surface area contributed by atoms with Crippen LogP contribution in [0.5, 0.6) is 0 Å². The van der Waals surface area contributed by atoms with Crippen LogP contribution in [0.2, 0.25) is 0 Å². The van der Waals surface area contributed by atoms with E-state index in [-0.39, 0.29) is 0 Å². The fourth-order valence-electron chi connectivity index (χ4n) is 2.09. The number of nitrogens with one attached hydrogen (secondary N) is 1. The Labute approximate surface area is 94.4 Å². The number of hydrogen-bond donors (Lipinski definition) is 1. The molecule has 0 heterocycles. The van der Waals surface area contributed by atoms with Crippen molar-refractivity contribution in [3.63, 3.8) is 0 Å². The molecular weight excluding hydrogens is 184 g/mol. The minimum absolute atomic E-state index is 0.687. The summed E-state index contributed by atoms with van der Waals surface area (Å²) in [7, 11) is 0. The Balaban J connectivity index is 1.60. The highest BCUT2D eigenvalue weighted by molar-refractivity contribution is 4.88. The van der Waals surface area contributed by atoms with Crippen molar-refractivity contribution in [1.29, 1.82) is 0 Å². The zero-order valence-corrected chi connectivity index (χ0v) is 10.3. The van der Waals surface area contributed by atoms with Gasteiger partial charge in [-0.25, -0.2) is 0 Å². The highest BCUT2D eigenvalue weighted by atomic mass is 15.2. The molecule has 88 valence electrons. The summed E-state index contributed by atoms with van der Waals surface area (Å²) in [5.41, 5.74) is 0. The summed E-state index contributed by atoms with van der Waals surface area (Å²) in [6, 6.07) is 1.64. The van der Waals surface area contributed by atoms with Gasteiger partial charge in [-0.3, -0.25) is 4.90 Å². The molecule has 1 atom stereocenters. The smallest absolute Gasteiger partial charge is 0.0110 e. The molecule has 2 saturated carbocycles. The van der Waals surface area contributed by atoms with Crippen LogP contribution >= 0.6 is 0 Å². The minimum atomic E-state index is 0.687. The number of rotatable bonds is 8. The van der Waals surface area contributed by atoms with Gasteiger partial charge in [0.05, 0.1) is 0 Å². The number of hydrogen-bond acceptors (Lipinski definition) is 2. The molecule has 2 aliphatic rings. The van der Waals surface area contributed by atoms with Gasteiger partial charge < -0.3 is 5.32 Å². The largest absolute Gasteiger partial charge is 0.313 e. The van der Waals surface area contributed by atoms with Crippen LogP contribution in [0, 0.1) is 5.92 Å². The van der Waals surface area contributed by atoms with E-state index in [4.69, 9.17) is 0 Å². The van der Waals surface area contributed by atoms with E-state index < -0.39 is 0 Å². The summed E-state index contributed by atoms with van der Waals surface area (Å²) in [5, 5.41) is 3.60. The van der Waals surface area contributed by atoms with Gasteiger partial charge in [-0.1, -0.05) is 6.92 Å². The molecule has 0 aromatic carbocycles. The summed E-state index contributed by atoms with van der Waals surface area (Å²) < 4.78 is 0. The summed E-state index contributed by atoms with van der Waals surface area (Å²) in [5.74, 6) is 1.05. The van der Waals surface area contributed by atoms with Crippen LogP contribution < -0.4 is 5.32 Å². The Bertz CT molecular complexity index is 185. The summed E-state index contributed by atoms with van der Waals surface area (Å²) >= 11 is 0. The van der Waals surface area contributed by atoms with Crippen LogP contribution in [0.3, 0.4) is 0 Å². The third-order valence-electron chi connectivity index (χ3n) is 3.76. The first-order valence-electron chi connectivity index (χ1n) is 6.77. The predicted octanol–water partition coefficient (Wildman–Crippen LogP) is 2.25. The van der Waals surface area contributed by atoms with Gasteiger partial charge in [0.2, 0.25) is 0 Å². The molecule has 2 aliphatic carbocycles. The van der Waals surface area contributed by atoms with E-state index in [2.05, 4.69) is 24.1 Å². The van der Waals surface area contributed by atoms with Gasteiger partial charge in [0.1, 0.15) is 0 Å². The molecule has 0 bridgehead atoms. The van der Waals surface area contributed by atoms with Crippen LogP contribution in [0.15, 0.2) is 0 Å². The highest BCUT2D eigenvalue weighted by Crippen LogP contribution is 2.34. The average Bonchev–Trinajstić information content (AvgIpc) is 3.07. The van der Waals surface area contributed by atoms with Crippen LogP contribution in [0.1, 0.15) is 46.0 Å². The first-order valence-corrected chi connectivity index (χ1v) is 6.77. The van der Waals surface area contributed by atoms with Crippen molar-refractivity contribution >= 4 is 0 Å². The fourth-order valence-corrected chi connectivity index (χ4v) is 2.09. The van der Waals surface area contributed by atoms with E-state index in [0.29, 0.717) is 6.04 Å². The molecule has 1 unspecified atom stereocenters. The molecular formula is C13H26N2. The maximum Gasteiger partial charge on any atom is 0.0110 e. The lowest BCUT2D eigenvalue weighted by Gasteiger charge is -2.23. The van der Waals surface area contributed by atoms with Crippen LogP contribution in [-0.4, -0.2) is 36.6 Å². The van der Waals surface area contributed by atoms with Gasteiger partial charge in [-0.15, -0.1) is 0 Å². The lowest BCUT2D eigenvalue weighted by molar-refractivity contribution is 0.249. The molecule has 0 aromatic heterocycles. The Morgan fingerprint density at radius 1 is 1.27 bits per heavy atom. The Morgan fingerprint density at radius 2 is 2.00 bits per heavy atom. The maximum absolute atomic E-state index is 3.60. The van der Waals surface area contributed by atoms with E-state index in [1.165, 1.54) is 51.7 Å². The summed E-state index contributed by atoms with van der Waals surface area (Å²) in [6.07, 6.45) is 7.13. The van der Waals surface area contributed by atoms with E-state index in [1.807, 2.05) is 0 Å². The van der Waals surface area contributed by atoms with Crippen molar-refractivity contribution in [2.45, 2.75) is 58.0 Å². The molecule has 2 fully saturated rings. The highest BCUT2D eigenvalue weighted by Gasteiger charge is 2.33. The molecule has 0 aliphatic heterocycles. The molecule has 2 heteroatoms. The average molecular weight is 210 g/mol. The van der Waals surface area contributed by atoms with E-state index in [0.717, 1.165) is 12.0 Å². The van der Waals surface area contributed by atoms with E-state index in [9.17, 15) is 0 Å². The van der Waals surface area contributed by atoms with Gasteiger partial charge in [0, 0.05) is 31.7 Å². The van der Waals surface area contributed by atoms with Crippen LogP contribution in [0.4, 0.5) is 0 Å². The molecule has 0 amide bonds. The second-order valence-corrected chi connectivity index (χ2v) is 5.43. The third kappa shape index (κ3) is 4.12. The Morgan fingerprint density at radius 3 is 2.53 bits per heavy atom. The van der Waals surface area contributed by atoms with Crippen molar-refractivity contribution < 1.29 is 0 Å². The quantitative estimate of drug-likeness (QED) is 0.661. The summed E-state index contributed by atoms with van der Waals surface area (Å²) in [6.45, 7) is 8.36. The summed E-state index contributed by atoms with van der Waals surface area (Å²) in [4.78, 5) is 2.73. The minimum Gasteiger partial charge on any atom is -0.313 e. The van der Waals surface area contributed by atoms with Gasteiger partial charge in [0.15, 0.2) is 0 Å². The van der Waals surface area contributed by atoms with Crippen molar-refractivity contribution in [1.82, 2.24) is 10.2 Å². The second-order valence-electron chi connectivity index (χ2n) is 5.43. The molecule has 15 heavy (non-hydrogen) atoms. The van der Waals surface area contributed by atoms with Crippen LogP contribution in [-0.2, 0) is 0 Å². The first-order chi connectivity index (χ1) is 7.29. The molecule has 2 nitrogen and oxygen atoms in total. The zero-order valence-electron chi connectivity index (χ0n) is 10.3. The zero-order chi connectivity index (χ0) is 10.7. The van der Waals surface area contributed by atoms with Crippen LogP contribution in [0.25, 0.3) is 0 Å². The number of nitrogens with zero attached hydrogens (tertiary/aromatic N) is 1. The first kappa shape index (κ1) is 11.4. The molecule has 0 saturated heterocycles. The molecule has 1 N–H and O–H groups in total. The molecule has 0 radical (unpaired) electrons. The van der Waals surface area contributed by atoms with Gasteiger partial charge in [-0.2, -0.15) is 0 Å². The third-order valence-corrected chi connectivity index (χ3v) is 3.76. The predicted molar refractivity (Wildman–Crippen MR) is 65.1 cm³/mol. The van der Waals surface area contributed by atoms with Crippen molar-refractivity contribution in [2.75, 3.05) is 19.6 Å². The maximum atomic E-state index is 3.60. The van der Waals surface area contributed by atoms with E-state index >= 15 is 0 Å². The lowest BCUT2D eigenvalue weighted by atomic mass is 10.2. The van der Waals surface area contributed by atoms with Crippen molar-refractivity contribution in [3.8, 4) is 0 Å². The normalized spacial score (nSPS) is 23.4. The van der Waals surface area contributed by atoms with Gasteiger partial charge in [-0.05, 0) is 44.9 Å².